The summed E-state index contributed by atoms with van der Waals surface area (Å²) in [5.41, 5.74) is 0. The smallest absolute Gasteiger partial charge is 0.306 e. The van der Waals surface area contributed by atoms with Gasteiger partial charge in [0, 0.05) is 19.3 Å². The summed E-state index contributed by atoms with van der Waals surface area (Å²) in [6.07, 6.45) is 44.5. The van der Waals surface area contributed by atoms with Gasteiger partial charge in [-0.25, -0.2) is 0 Å². The maximum Gasteiger partial charge on any atom is 0.306 e. The lowest BCUT2D eigenvalue weighted by Crippen LogP contribution is -2.30. The van der Waals surface area contributed by atoms with Crippen molar-refractivity contribution in [1.29, 1.82) is 0 Å². The van der Waals surface area contributed by atoms with E-state index in [2.05, 4.69) is 45.1 Å². The van der Waals surface area contributed by atoms with Crippen molar-refractivity contribution in [2.75, 3.05) is 13.2 Å². The zero-order chi connectivity index (χ0) is 38.0. The number of carbonyl (C=O) groups is 3. The fourth-order valence-corrected chi connectivity index (χ4v) is 6.24. The standard InChI is InChI=1S/C46H84O6/c1-4-7-10-13-16-19-21-22-23-25-27-30-33-36-39-45(48)51-42-43(41-50-44(47)38-35-32-29-26-18-15-12-9-6-3)52-46(49)40-37-34-31-28-24-20-17-14-11-8-5-2/h14,17,23,25,43H,4-13,15-16,18-22,24,26-42H2,1-3H3/b17-14-,25-23-. The minimum Gasteiger partial charge on any atom is -0.462 e. The number of esters is 3. The fraction of sp³-hybridized carbons (Fsp3) is 0.848. The molecule has 0 N–H and O–H groups in total. The van der Waals surface area contributed by atoms with Gasteiger partial charge in [-0.2, -0.15) is 0 Å². The van der Waals surface area contributed by atoms with Gasteiger partial charge in [-0.15, -0.1) is 0 Å². The Kier molecular flexibility index (Phi) is 40.0. The third kappa shape index (κ3) is 39.1. The van der Waals surface area contributed by atoms with E-state index in [-0.39, 0.29) is 31.1 Å². The molecular formula is C46H84O6. The van der Waals surface area contributed by atoms with Gasteiger partial charge in [0.2, 0.25) is 0 Å². The first-order valence-corrected chi connectivity index (χ1v) is 22.3. The van der Waals surface area contributed by atoms with Crippen molar-refractivity contribution >= 4 is 17.9 Å². The Labute approximate surface area is 322 Å². The van der Waals surface area contributed by atoms with Crippen LogP contribution in [0.15, 0.2) is 24.3 Å². The number of hydrogen-bond donors (Lipinski definition) is 0. The van der Waals surface area contributed by atoms with Gasteiger partial charge >= 0.3 is 17.9 Å². The summed E-state index contributed by atoms with van der Waals surface area (Å²) in [6, 6.07) is 0. The first-order chi connectivity index (χ1) is 25.5. The molecule has 0 fully saturated rings. The number of carbonyl (C=O) groups excluding carboxylic acids is 3. The van der Waals surface area contributed by atoms with E-state index in [1.54, 1.807) is 0 Å². The van der Waals surface area contributed by atoms with Crippen molar-refractivity contribution < 1.29 is 28.6 Å². The topological polar surface area (TPSA) is 78.9 Å². The number of allylic oxidation sites excluding steroid dienone is 4. The van der Waals surface area contributed by atoms with Gasteiger partial charge < -0.3 is 14.2 Å². The van der Waals surface area contributed by atoms with E-state index < -0.39 is 6.10 Å². The van der Waals surface area contributed by atoms with Crippen molar-refractivity contribution in [1.82, 2.24) is 0 Å². The zero-order valence-corrected chi connectivity index (χ0v) is 34.6. The Morgan fingerprint density at radius 3 is 1.04 bits per heavy atom. The van der Waals surface area contributed by atoms with Crippen molar-refractivity contribution in [3.05, 3.63) is 24.3 Å². The van der Waals surface area contributed by atoms with E-state index in [1.165, 1.54) is 109 Å². The van der Waals surface area contributed by atoms with E-state index in [0.717, 1.165) is 83.5 Å². The molecule has 1 atom stereocenters. The molecule has 0 aromatic carbocycles. The van der Waals surface area contributed by atoms with Crippen LogP contribution < -0.4 is 0 Å². The quantitative estimate of drug-likeness (QED) is 0.0270. The van der Waals surface area contributed by atoms with Crippen molar-refractivity contribution in [2.45, 2.75) is 239 Å². The predicted octanol–water partition coefficient (Wildman–Crippen LogP) is 14.0. The van der Waals surface area contributed by atoms with Gasteiger partial charge in [-0.05, 0) is 64.2 Å². The highest BCUT2D eigenvalue weighted by molar-refractivity contribution is 5.71. The second-order valence-corrected chi connectivity index (χ2v) is 15.0. The van der Waals surface area contributed by atoms with Crippen LogP contribution in [0.3, 0.4) is 0 Å². The summed E-state index contributed by atoms with van der Waals surface area (Å²) < 4.78 is 16.6. The normalized spacial score (nSPS) is 12.1. The minimum absolute atomic E-state index is 0.0771. The summed E-state index contributed by atoms with van der Waals surface area (Å²) in [6.45, 7) is 6.55. The molecule has 52 heavy (non-hydrogen) atoms. The zero-order valence-electron chi connectivity index (χ0n) is 34.6. The first kappa shape index (κ1) is 49.9. The molecule has 304 valence electrons. The van der Waals surface area contributed by atoms with Crippen LogP contribution in [0.25, 0.3) is 0 Å². The molecule has 0 bridgehead atoms. The Morgan fingerprint density at radius 1 is 0.365 bits per heavy atom. The van der Waals surface area contributed by atoms with E-state index in [9.17, 15) is 14.4 Å². The molecule has 0 heterocycles. The maximum absolute atomic E-state index is 12.7. The Balaban J connectivity index is 4.36. The molecule has 0 saturated carbocycles. The van der Waals surface area contributed by atoms with Crippen LogP contribution in [0.4, 0.5) is 0 Å². The summed E-state index contributed by atoms with van der Waals surface area (Å²) in [5.74, 6) is -0.904. The van der Waals surface area contributed by atoms with Crippen LogP contribution in [0.1, 0.15) is 233 Å². The van der Waals surface area contributed by atoms with E-state index in [0.29, 0.717) is 19.3 Å². The molecule has 0 aromatic rings. The molecule has 0 aliphatic carbocycles. The average Bonchev–Trinajstić information content (AvgIpc) is 3.14. The fourth-order valence-electron chi connectivity index (χ4n) is 6.24. The van der Waals surface area contributed by atoms with Gasteiger partial charge in [0.25, 0.3) is 0 Å². The molecule has 0 saturated heterocycles. The monoisotopic (exact) mass is 733 g/mol. The van der Waals surface area contributed by atoms with Gasteiger partial charge in [0.1, 0.15) is 13.2 Å². The van der Waals surface area contributed by atoms with Crippen LogP contribution >= 0.6 is 0 Å². The molecule has 0 aliphatic heterocycles. The second-order valence-electron chi connectivity index (χ2n) is 15.0. The van der Waals surface area contributed by atoms with Gasteiger partial charge in [0.15, 0.2) is 6.10 Å². The van der Waals surface area contributed by atoms with Crippen LogP contribution in [-0.2, 0) is 28.6 Å². The number of unbranched alkanes of at least 4 members (excludes halogenated alkanes) is 25. The largest absolute Gasteiger partial charge is 0.462 e. The van der Waals surface area contributed by atoms with Crippen LogP contribution in [-0.4, -0.2) is 37.2 Å². The third-order valence-electron chi connectivity index (χ3n) is 9.68. The highest BCUT2D eigenvalue weighted by Gasteiger charge is 2.19. The minimum atomic E-state index is -0.774. The van der Waals surface area contributed by atoms with Crippen LogP contribution in [0, 0.1) is 0 Å². The summed E-state index contributed by atoms with van der Waals surface area (Å²) in [7, 11) is 0. The Bertz CT molecular complexity index is 850. The maximum atomic E-state index is 12.7. The summed E-state index contributed by atoms with van der Waals surface area (Å²) in [5, 5.41) is 0. The number of rotatable bonds is 40. The molecule has 6 heteroatoms. The molecule has 0 rings (SSSR count). The van der Waals surface area contributed by atoms with E-state index >= 15 is 0 Å². The Morgan fingerprint density at radius 2 is 0.654 bits per heavy atom. The predicted molar refractivity (Wildman–Crippen MR) is 219 cm³/mol. The first-order valence-electron chi connectivity index (χ1n) is 22.3. The van der Waals surface area contributed by atoms with E-state index in [4.69, 9.17) is 14.2 Å². The Hall–Kier alpha value is -2.11. The molecule has 0 aromatic heterocycles. The van der Waals surface area contributed by atoms with Gasteiger partial charge in [-0.1, -0.05) is 173 Å². The third-order valence-corrected chi connectivity index (χ3v) is 9.68. The van der Waals surface area contributed by atoms with Crippen molar-refractivity contribution in [2.24, 2.45) is 0 Å². The van der Waals surface area contributed by atoms with Crippen LogP contribution in [0.5, 0.6) is 0 Å². The second kappa shape index (κ2) is 41.6. The molecule has 0 spiro atoms. The van der Waals surface area contributed by atoms with Gasteiger partial charge in [0.05, 0.1) is 0 Å². The lowest BCUT2D eigenvalue weighted by molar-refractivity contribution is -0.167. The van der Waals surface area contributed by atoms with E-state index in [1.807, 2.05) is 0 Å². The number of ether oxygens (including phenoxy) is 3. The van der Waals surface area contributed by atoms with Crippen molar-refractivity contribution in [3.8, 4) is 0 Å². The van der Waals surface area contributed by atoms with Crippen LogP contribution in [0.2, 0.25) is 0 Å². The molecule has 0 radical (unpaired) electrons. The molecular weight excluding hydrogens is 648 g/mol. The highest BCUT2D eigenvalue weighted by Crippen LogP contribution is 2.14. The molecule has 0 aliphatic rings. The molecule has 1 unspecified atom stereocenters. The van der Waals surface area contributed by atoms with Crippen molar-refractivity contribution in [3.63, 3.8) is 0 Å². The summed E-state index contributed by atoms with van der Waals surface area (Å²) in [4.78, 5) is 37.6. The molecule has 0 amide bonds. The lowest BCUT2D eigenvalue weighted by atomic mass is 10.1. The number of hydrogen-bond acceptors (Lipinski definition) is 6. The highest BCUT2D eigenvalue weighted by atomic mass is 16.6. The molecule has 6 nitrogen and oxygen atoms in total. The lowest BCUT2D eigenvalue weighted by Gasteiger charge is -2.18. The SMILES string of the molecule is CCCC/C=C\CCCCCCCC(=O)OC(COC(=O)CCCCC/C=C\CCCCCCCCC)COC(=O)CCCCCCCCCCC. The average molecular weight is 733 g/mol. The summed E-state index contributed by atoms with van der Waals surface area (Å²) >= 11 is 0. The van der Waals surface area contributed by atoms with Gasteiger partial charge in [-0.3, -0.25) is 14.4 Å².